The second-order valence-electron chi connectivity index (χ2n) is 5.23. The maximum Gasteiger partial charge on any atom is 0.327 e. The van der Waals surface area contributed by atoms with E-state index in [9.17, 15) is 9.90 Å². The third kappa shape index (κ3) is 3.11. The Balaban J connectivity index is 2.16. The van der Waals surface area contributed by atoms with Crippen molar-refractivity contribution in [3.8, 4) is 11.5 Å². The number of ether oxygens (including phenoxy) is 2. The average molecular weight is 295 g/mol. The maximum absolute atomic E-state index is 11.6. The number of carboxylic acid groups (broad SMARTS) is 1. The van der Waals surface area contributed by atoms with Crippen LogP contribution in [-0.4, -0.2) is 42.5 Å². The number of aliphatic carboxylic acids is 1. The molecule has 0 bridgehead atoms. The lowest BCUT2D eigenvalue weighted by Gasteiger charge is -2.29. The molecule has 6 nitrogen and oxygen atoms in total. The number of carboxylic acids is 1. The zero-order chi connectivity index (χ0) is 15.5. The summed E-state index contributed by atoms with van der Waals surface area (Å²) in [5.74, 6) is 0.130. The van der Waals surface area contributed by atoms with E-state index in [0.717, 1.165) is 12.8 Å². The first-order valence-electron chi connectivity index (χ1n) is 6.90. The van der Waals surface area contributed by atoms with Crippen molar-refractivity contribution < 1.29 is 24.5 Å². The van der Waals surface area contributed by atoms with Crippen molar-refractivity contribution in [1.29, 1.82) is 0 Å². The normalized spacial score (nSPS) is 17.1. The Morgan fingerprint density at radius 2 is 2.14 bits per heavy atom. The molecule has 1 aliphatic rings. The second-order valence-corrected chi connectivity index (χ2v) is 5.23. The molecule has 1 unspecified atom stereocenters. The van der Waals surface area contributed by atoms with Gasteiger partial charge in [-0.25, -0.2) is 0 Å². The highest BCUT2D eigenvalue weighted by molar-refractivity contribution is 5.80. The molecule has 3 N–H and O–H groups in total. The van der Waals surface area contributed by atoms with E-state index in [0.29, 0.717) is 17.1 Å². The van der Waals surface area contributed by atoms with Gasteiger partial charge in [0.05, 0.1) is 13.7 Å². The van der Waals surface area contributed by atoms with E-state index in [1.54, 1.807) is 25.2 Å². The summed E-state index contributed by atoms with van der Waals surface area (Å²) in [7, 11) is 3.15. The van der Waals surface area contributed by atoms with E-state index in [4.69, 9.17) is 14.6 Å². The maximum atomic E-state index is 11.6. The predicted molar refractivity (Wildman–Crippen MR) is 76.6 cm³/mol. The van der Waals surface area contributed by atoms with E-state index in [-0.39, 0.29) is 19.1 Å². The first kappa shape index (κ1) is 15.6. The van der Waals surface area contributed by atoms with Gasteiger partial charge in [-0.3, -0.25) is 4.79 Å². The Bertz CT molecular complexity index is 515. The van der Waals surface area contributed by atoms with Gasteiger partial charge in [-0.05, 0) is 43.5 Å². The number of likely N-dealkylation sites (N-methyl/N-ethyl adjacent to an activating group) is 1. The standard InChI is InChI=1S/C15H21NO5/c1-16-15(14(18)19,11-4-5-11)9-21-12-6-3-10(8-17)7-13(12)20-2/h3,6-7,11,16-17H,4-5,8-9H2,1-2H3,(H,18,19). The van der Waals surface area contributed by atoms with Gasteiger partial charge in [-0.15, -0.1) is 0 Å². The van der Waals surface area contributed by atoms with Crippen LogP contribution in [-0.2, 0) is 11.4 Å². The van der Waals surface area contributed by atoms with Crippen molar-refractivity contribution in [3.63, 3.8) is 0 Å². The Hall–Kier alpha value is -1.79. The van der Waals surface area contributed by atoms with Crippen LogP contribution in [0.4, 0.5) is 0 Å². The summed E-state index contributed by atoms with van der Waals surface area (Å²) in [6.45, 7) is -0.0629. The largest absolute Gasteiger partial charge is 0.493 e. The van der Waals surface area contributed by atoms with Gasteiger partial charge in [0.2, 0.25) is 0 Å². The third-order valence-corrected chi connectivity index (χ3v) is 3.97. The number of hydrogen-bond donors (Lipinski definition) is 3. The van der Waals surface area contributed by atoms with Gasteiger partial charge in [-0.2, -0.15) is 0 Å². The summed E-state index contributed by atoms with van der Waals surface area (Å²) >= 11 is 0. The Morgan fingerprint density at radius 3 is 2.62 bits per heavy atom. The van der Waals surface area contributed by atoms with Crippen LogP contribution < -0.4 is 14.8 Å². The summed E-state index contributed by atoms with van der Waals surface area (Å²) in [6, 6.07) is 5.07. The third-order valence-electron chi connectivity index (χ3n) is 3.97. The van der Waals surface area contributed by atoms with Crippen molar-refractivity contribution in [2.75, 3.05) is 20.8 Å². The molecule has 0 spiro atoms. The van der Waals surface area contributed by atoms with E-state index in [2.05, 4.69) is 5.32 Å². The highest BCUT2D eigenvalue weighted by Crippen LogP contribution is 2.40. The smallest absolute Gasteiger partial charge is 0.327 e. The first-order valence-corrected chi connectivity index (χ1v) is 6.90. The van der Waals surface area contributed by atoms with Gasteiger partial charge < -0.3 is 25.0 Å². The summed E-state index contributed by atoms with van der Waals surface area (Å²) in [5.41, 5.74) is -0.361. The van der Waals surface area contributed by atoms with Crippen LogP contribution in [0.1, 0.15) is 18.4 Å². The zero-order valence-corrected chi connectivity index (χ0v) is 12.3. The average Bonchev–Trinajstić information content (AvgIpc) is 3.33. The lowest BCUT2D eigenvalue weighted by Crippen LogP contribution is -2.56. The molecule has 0 saturated heterocycles. The number of benzene rings is 1. The van der Waals surface area contributed by atoms with Crippen molar-refractivity contribution in [2.24, 2.45) is 5.92 Å². The molecule has 1 aliphatic carbocycles. The molecule has 21 heavy (non-hydrogen) atoms. The summed E-state index contributed by atoms with van der Waals surface area (Å²) in [6.07, 6.45) is 1.77. The molecule has 1 fully saturated rings. The lowest BCUT2D eigenvalue weighted by molar-refractivity contribution is -0.147. The number of methoxy groups -OCH3 is 1. The lowest BCUT2D eigenvalue weighted by atomic mass is 9.94. The number of hydrogen-bond acceptors (Lipinski definition) is 5. The topological polar surface area (TPSA) is 88.0 Å². The number of nitrogens with one attached hydrogen (secondary N) is 1. The molecular weight excluding hydrogens is 274 g/mol. The van der Waals surface area contributed by atoms with Gasteiger partial charge in [0, 0.05) is 0 Å². The van der Waals surface area contributed by atoms with Crippen LogP contribution in [0.25, 0.3) is 0 Å². The minimum atomic E-state index is -1.07. The number of aliphatic hydroxyl groups is 1. The second kappa shape index (κ2) is 6.32. The van der Waals surface area contributed by atoms with Crippen LogP contribution in [0, 0.1) is 5.92 Å². The van der Waals surface area contributed by atoms with Gasteiger partial charge in [0.25, 0.3) is 0 Å². The molecule has 6 heteroatoms. The molecule has 0 amide bonds. The molecule has 1 aromatic rings. The van der Waals surface area contributed by atoms with E-state index < -0.39 is 11.5 Å². The Labute approximate surface area is 123 Å². The SMILES string of the molecule is CNC(COc1ccc(CO)cc1OC)(C(=O)O)C1CC1. The summed E-state index contributed by atoms with van der Waals surface area (Å²) < 4.78 is 10.9. The first-order chi connectivity index (χ1) is 10.1. The van der Waals surface area contributed by atoms with Crippen LogP contribution in [0.2, 0.25) is 0 Å². The fourth-order valence-corrected chi connectivity index (χ4v) is 2.43. The van der Waals surface area contributed by atoms with E-state index >= 15 is 0 Å². The summed E-state index contributed by atoms with van der Waals surface area (Å²) in [5, 5.41) is 21.5. The van der Waals surface area contributed by atoms with Crippen molar-refractivity contribution >= 4 is 5.97 Å². The predicted octanol–water partition coefficient (Wildman–Crippen LogP) is 1.02. The van der Waals surface area contributed by atoms with E-state index in [1.807, 2.05) is 0 Å². The highest BCUT2D eigenvalue weighted by atomic mass is 16.5. The van der Waals surface area contributed by atoms with Crippen LogP contribution in [0.5, 0.6) is 11.5 Å². The molecule has 0 aromatic heterocycles. The highest BCUT2D eigenvalue weighted by Gasteiger charge is 2.51. The fraction of sp³-hybridized carbons (Fsp3) is 0.533. The van der Waals surface area contributed by atoms with Crippen LogP contribution in [0.3, 0.4) is 0 Å². The molecule has 1 saturated carbocycles. The monoisotopic (exact) mass is 295 g/mol. The Morgan fingerprint density at radius 1 is 1.43 bits per heavy atom. The molecule has 2 rings (SSSR count). The van der Waals surface area contributed by atoms with Gasteiger partial charge in [0.1, 0.15) is 6.61 Å². The van der Waals surface area contributed by atoms with Gasteiger partial charge in [0.15, 0.2) is 17.0 Å². The molecular formula is C15H21NO5. The molecule has 0 heterocycles. The van der Waals surface area contributed by atoms with Gasteiger partial charge in [-0.1, -0.05) is 6.07 Å². The Kier molecular flexibility index (Phi) is 4.69. The fourth-order valence-electron chi connectivity index (χ4n) is 2.43. The zero-order valence-electron chi connectivity index (χ0n) is 12.3. The summed E-state index contributed by atoms with van der Waals surface area (Å²) in [4.78, 5) is 11.6. The molecule has 0 radical (unpaired) electrons. The van der Waals surface area contributed by atoms with Crippen molar-refractivity contribution in [1.82, 2.24) is 5.32 Å². The quantitative estimate of drug-likeness (QED) is 0.663. The number of carbonyl (C=O) groups is 1. The van der Waals surface area contributed by atoms with Crippen molar-refractivity contribution in [3.05, 3.63) is 23.8 Å². The van der Waals surface area contributed by atoms with Gasteiger partial charge >= 0.3 is 5.97 Å². The van der Waals surface area contributed by atoms with Crippen molar-refractivity contribution in [2.45, 2.75) is 25.0 Å². The van der Waals surface area contributed by atoms with Crippen LogP contribution in [0.15, 0.2) is 18.2 Å². The molecule has 0 aliphatic heterocycles. The minimum absolute atomic E-state index is 0.0261. The molecule has 1 atom stereocenters. The van der Waals surface area contributed by atoms with Crippen LogP contribution >= 0.6 is 0 Å². The minimum Gasteiger partial charge on any atom is -0.493 e. The number of rotatable bonds is 8. The van der Waals surface area contributed by atoms with E-state index in [1.165, 1.54) is 7.11 Å². The molecule has 116 valence electrons. The molecule has 1 aromatic carbocycles. The number of aliphatic hydroxyl groups excluding tert-OH is 1.